The highest BCUT2D eigenvalue weighted by Gasteiger charge is 2.43. The second-order valence-electron chi connectivity index (χ2n) is 13.2. The number of carbonyl (C=O) groups is 2. The van der Waals surface area contributed by atoms with Crippen LogP contribution in [0.2, 0.25) is 5.02 Å². The van der Waals surface area contributed by atoms with Crippen LogP contribution in [-0.4, -0.2) is 85.6 Å². The van der Waals surface area contributed by atoms with Crippen molar-refractivity contribution in [3.63, 3.8) is 0 Å². The number of benzene rings is 1. The van der Waals surface area contributed by atoms with Crippen LogP contribution in [0.4, 0.5) is 4.79 Å². The van der Waals surface area contributed by atoms with Crippen molar-refractivity contribution in [1.82, 2.24) is 29.2 Å². The quantitative estimate of drug-likeness (QED) is 0.349. The predicted octanol–water partition coefficient (Wildman–Crippen LogP) is 5.74. The second kappa shape index (κ2) is 12.8. The Morgan fingerprint density at radius 3 is 2.68 bits per heavy atom. The van der Waals surface area contributed by atoms with E-state index < -0.39 is 17.7 Å². The van der Waals surface area contributed by atoms with Crippen LogP contribution in [0.1, 0.15) is 62.0 Å². The lowest BCUT2D eigenvalue weighted by atomic mass is 9.94. The van der Waals surface area contributed by atoms with Crippen LogP contribution < -0.4 is 0 Å². The Bertz CT molecular complexity index is 1460. The molecule has 4 heterocycles. The largest absolute Gasteiger partial charge is 0.444 e. The van der Waals surface area contributed by atoms with Crippen LogP contribution in [0.5, 0.6) is 0 Å². The third-order valence-corrected chi connectivity index (χ3v) is 9.51. The van der Waals surface area contributed by atoms with Gasteiger partial charge in [0.25, 0.3) is 0 Å². The van der Waals surface area contributed by atoms with Crippen LogP contribution in [-0.2, 0) is 28.9 Å². The summed E-state index contributed by atoms with van der Waals surface area (Å²) < 4.78 is 8.85. The van der Waals surface area contributed by atoms with E-state index >= 15 is 0 Å². The maximum absolute atomic E-state index is 14.4. The molecule has 2 saturated heterocycles. The van der Waals surface area contributed by atoms with Crippen LogP contribution in [0.25, 0.3) is 0 Å². The molecule has 11 heteroatoms. The number of nitrogens with zero attached hydrogens (tertiary/aromatic N) is 6. The standard InChI is InChI=1S/C33H40BrClN6O3/c1-33(2,3)44-32(43)41-14-13-39(20-28(41)31(42)40-11-4-5-22(19-40)18-38-12-10-36-21-38)30-27-9-8-26(35)16-23(27)6-7-24-15-25(34)17-37-29(24)30/h8-10,12,15-17,21-22,28,30H,4-7,11,13-14,18-20H2,1-3H3/t22-,28-,30+/m1/s1. The SMILES string of the molecule is CC(C)(C)OC(=O)N1CCN([C@H]2c3ccc(Cl)cc3CCc3cc(Br)cnc32)C[C@@H]1C(=O)N1CCC[C@H](Cn2ccnc2)C1. The Hall–Kier alpha value is -2.95. The maximum atomic E-state index is 14.4. The molecule has 0 saturated carbocycles. The molecule has 44 heavy (non-hydrogen) atoms. The summed E-state index contributed by atoms with van der Waals surface area (Å²) in [5, 5.41) is 0.709. The summed E-state index contributed by atoms with van der Waals surface area (Å²) in [6.07, 6.45) is 10.6. The maximum Gasteiger partial charge on any atom is 0.411 e. The lowest BCUT2D eigenvalue weighted by molar-refractivity contribution is -0.141. The summed E-state index contributed by atoms with van der Waals surface area (Å²) >= 11 is 10.1. The van der Waals surface area contributed by atoms with Crippen molar-refractivity contribution in [3.8, 4) is 0 Å². The number of ether oxygens (including phenoxy) is 1. The zero-order valence-electron chi connectivity index (χ0n) is 25.6. The summed E-state index contributed by atoms with van der Waals surface area (Å²) in [7, 11) is 0. The van der Waals surface area contributed by atoms with Crippen LogP contribution in [0.15, 0.2) is 53.7 Å². The van der Waals surface area contributed by atoms with Gasteiger partial charge in [-0.15, -0.1) is 0 Å². The van der Waals surface area contributed by atoms with Gasteiger partial charge in [0.05, 0.1) is 18.1 Å². The Morgan fingerprint density at radius 1 is 1.09 bits per heavy atom. The molecule has 3 atom stereocenters. The molecular formula is C33H40BrClN6O3. The summed E-state index contributed by atoms with van der Waals surface area (Å²) in [4.78, 5) is 43.1. The summed E-state index contributed by atoms with van der Waals surface area (Å²) in [6, 6.07) is 7.40. The first kappa shape index (κ1) is 31.0. The fourth-order valence-electron chi connectivity index (χ4n) is 6.89. The third-order valence-electron chi connectivity index (χ3n) is 8.84. The smallest absolute Gasteiger partial charge is 0.411 e. The van der Waals surface area contributed by atoms with E-state index in [1.165, 1.54) is 11.1 Å². The van der Waals surface area contributed by atoms with Gasteiger partial charge in [0.1, 0.15) is 11.6 Å². The number of carbonyl (C=O) groups excluding carboxylic acids is 2. The van der Waals surface area contributed by atoms with Crippen LogP contribution in [0, 0.1) is 5.92 Å². The number of amides is 2. The Balaban J connectivity index is 1.32. The molecular weight excluding hydrogens is 644 g/mol. The first-order valence-corrected chi connectivity index (χ1v) is 16.6. The number of fused-ring (bicyclic) bond motifs is 2. The van der Waals surface area contributed by atoms with E-state index in [0.717, 1.165) is 48.0 Å². The molecule has 1 aromatic carbocycles. The number of piperidine rings is 1. The van der Waals surface area contributed by atoms with E-state index in [1.54, 1.807) is 11.1 Å². The minimum atomic E-state index is -0.677. The van der Waals surface area contributed by atoms with Crippen molar-refractivity contribution in [1.29, 1.82) is 0 Å². The number of halogens is 2. The second-order valence-corrected chi connectivity index (χ2v) is 14.5. The number of imidazole rings is 1. The molecule has 1 aliphatic carbocycles. The van der Waals surface area contributed by atoms with Gasteiger partial charge in [0.2, 0.25) is 5.91 Å². The van der Waals surface area contributed by atoms with E-state index in [-0.39, 0.29) is 11.9 Å². The molecule has 3 aliphatic rings. The average Bonchev–Trinajstić information content (AvgIpc) is 3.44. The molecule has 0 spiro atoms. The highest BCUT2D eigenvalue weighted by molar-refractivity contribution is 9.10. The summed E-state index contributed by atoms with van der Waals surface area (Å²) in [6.45, 7) is 9.06. The number of rotatable bonds is 4. The Morgan fingerprint density at radius 2 is 1.91 bits per heavy atom. The molecule has 6 rings (SSSR count). The van der Waals surface area contributed by atoms with Gasteiger partial charge in [0.15, 0.2) is 0 Å². The van der Waals surface area contributed by atoms with Crippen molar-refractivity contribution in [2.24, 2.45) is 5.92 Å². The van der Waals surface area contributed by atoms with Crippen molar-refractivity contribution in [2.75, 3.05) is 32.7 Å². The molecule has 2 aliphatic heterocycles. The normalized spacial score (nSPS) is 22.6. The summed E-state index contributed by atoms with van der Waals surface area (Å²) in [5.41, 5.74) is 3.83. The first-order valence-electron chi connectivity index (χ1n) is 15.5. The molecule has 3 aromatic rings. The molecule has 0 radical (unpaired) electrons. The van der Waals surface area contributed by atoms with Gasteiger partial charge in [-0.25, -0.2) is 9.78 Å². The monoisotopic (exact) mass is 682 g/mol. The Labute approximate surface area is 272 Å². The van der Waals surface area contributed by atoms with Gasteiger partial charge in [0, 0.05) is 67.4 Å². The number of aryl methyl sites for hydroxylation is 2. The zero-order valence-corrected chi connectivity index (χ0v) is 27.9. The average molecular weight is 684 g/mol. The van der Waals surface area contributed by atoms with E-state index in [1.807, 2.05) is 50.5 Å². The van der Waals surface area contributed by atoms with Gasteiger partial charge in [-0.2, -0.15) is 0 Å². The van der Waals surface area contributed by atoms with Gasteiger partial charge < -0.3 is 14.2 Å². The van der Waals surface area contributed by atoms with E-state index in [4.69, 9.17) is 21.3 Å². The highest BCUT2D eigenvalue weighted by atomic mass is 79.9. The van der Waals surface area contributed by atoms with Crippen molar-refractivity contribution in [3.05, 3.63) is 81.1 Å². The molecule has 0 unspecified atom stereocenters. The fraction of sp³-hybridized carbons (Fsp3) is 0.515. The van der Waals surface area contributed by atoms with Crippen molar-refractivity contribution in [2.45, 2.75) is 70.7 Å². The molecule has 2 fully saturated rings. The summed E-state index contributed by atoms with van der Waals surface area (Å²) in [5.74, 6) is 0.300. The topological polar surface area (TPSA) is 83.8 Å². The predicted molar refractivity (Wildman–Crippen MR) is 172 cm³/mol. The minimum absolute atomic E-state index is 0.0233. The minimum Gasteiger partial charge on any atom is -0.444 e. The molecule has 234 valence electrons. The first-order chi connectivity index (χ1) is 21.1. The van der Waals surface area contributed by atoms with Crippen molar-refractivity contribution < 1.29 is 14.3 Å². The van der Waals surface area contributed by atoms with E-state index in [0.29, 0.717) is 43.7 Å². The van der Waals surface area contributed by atoms with E-state index in [9.17, 15) is 9.59 Å². The lowest BCUT2D eigenvalue weighted by Crippen LogP contribution is -2.63. The number of likely N-dealkylation sites (tertiary alicyclic amines) is 1. The number of pyridine rings is 1. The van der Waals surface area contributed by atoms with Crippen LogP contribution in [0.3, 0.4) is 0 Å². The number of hydrogen-bond acceptors (Lipinski definition) is 6. The van der Waals surface area contributed by atoms with Gasteiger partial charge in [-0.3, -0.25) is 19.6 Å². The van der Waals surface area contributed by atoms with Crippen molar-refractivity contribution >= 4 is 39.5 Å². The fourth-order valence-corrected chi connectivity index (χ4v) is 7.46. The van der Waals surface area contributed by atoms with E-state index in [2.05, 4.69) is 48.6 Å². The molecule has 0 bridgehead atoms. The molecule has 0 N–H and O–H groups in total. The van der Waals surface area contributed by atoms with Gasteiger partial charge >= 0.3 is 6.09 Å². The number of hydrogen-bond donors (Lipinski definition) is 0. The molecule has 2 aromatic heterocycles. The third kappa shape index (κ3) is 6.82. The zero-order chi connectivity index (χ0) is 31.0. The van der Waals surface area contributed by atoms with Crippen LogP contribution >= 0.6 is 27.5 Å². The highest BCUT2D eigenvalue weighted by Crippen LogP contribution is 2.39. The molecule has 2 amide bonds. The van der Waals surface area contributed by atoms with Gasteiger partial charge in [-0.05, 0) is 103 Å². The van der Waals surface area contributed by atoms with Gasteiger partial charge in [-0.1, -0.05) is 17.7 Å². The lowest BCUT2D eigenvalue weighted by Gasteiger charge is -2.46. The molecule has 9 nitrogen and oxygen atoms in total. The number of aromatic nitrogens is 3. The number of piperazine rings is 1. The Kier molecular flexibility index (Phi) is 9.04.